The monoisotopic (exact) mass is 494 g/mol. The van der Waals surface area contributed by atoms with Gasteiger partial charge in [0, 0.05) is 18.7 Å². The second kappa shape index (κ2) is 10.4. The van der Waals surface area contributed by atoms with Crippen LogP contribution in [-0.4, -0.2) is 49.6 Å². The number of ether oxygens (including phenoxy) is 1. The quantitative estimate of drug-likeness (QED) is 0.372. The molecule has 1 aliphatic heterocycles. The molecule has 1 fully saturated rings. The third-order valence-electron chi connectivity index (χ3n) is 6.25. The first-order chi connectivity index (χ1) is 18.1. The number of fused-ring (bicyclic) bond motifs is 1. The minimum Gasteiger partial charge on any atom is -0.457 e. The van der Waals surface area contributed by atoms with Gasteiger partial charge in [-0.05, 0) is 61.4 Å². The second-order valence-electron chi connectivity index (χ2n) is 8.63. The Morgan fingerprint density at radius 3 is 2.49 bits per heavy atom. The van der Waals surface area contributed by atoms with Crippen LogP contribution in [0.4, 0.5) is 5.82 Å². The predicted octanol–water partition coefficient (Wildman–Crippen LogP) is 4.76. The fraction of sp³-hybridized carbons (Fsp3) is 0.179. The molecular weight excluding hydrogens is 468 g/mol. The van der Waals surface area contributed by atoms with Crippen molar-refractivity contribution in [3.8, 4) is 22.8 Å². The smallest absolute Gasteiger partial charge is 0.248 e. The van der Waals surface area contributed by atoms with Crippen molar-refractivity contribution in [2.45, 2.75) is 18.9 Å². The van der Waals surface area contributed by atoms with Crippen molar-refractivity contribution < 1.29 is 14.3 Å². The number of likely N-dealkylation sites (tertiary alicyclic amines) is 1. The number of aromatic nitrogens is 4. The van der Waals surface area contributed by atoms with Crippen molar-refractivity contribution in [1.82, 2.24) is 24.6 Å². The molecule has 0 aliphatic carbocycles. The number of benzene rings is 2. The van der Waals surface area contributed by atoms with Gasteiger partial charge >= 0.3 is 0 Å². The number of amides is 2. The highest BCUT2D eigenvalue weighted by Gasteiger charge is 2.28. The van der Waals surface area contributed by atoms with Crippen LogP contribution in [0.5, 0.6) is 11.5 Å². The molecule has 5 rings (SSSR count). The first-order valence-electron chi connectivity index (χ1n) is 12.0. The maximum absolute atomic E-state index is 12.3. The topological polar surface area (TPSA) is 102 Å². The third kappa shape index (κ3) is 4.97. The van der Waals surface area contributed by atoms with Crippen molar-refractivity contribution >= 4 is 28.7 Å². The van der Waals surface area contributed by atoms with Gasteiger partial charge in [-0.15, -0.1) is 0 Å². The number of carbonyl (C=O) groups is 2. The van der Waals surface area contributed by atoms with Crippen molar-refractivity contribution in [3.05, 3.63) is 86.2 Å². The Balaban J connectivity index is 1.56. The molecule has 9 nitrogen and oxygen atoms in total. The lowest BCUT2D eigenvalue weighted by Gasteiger charge is -2.32. The summed E-state index contributed by atoms with van der Waals surface area (Å²) in [4.78, 5) is 35.1. The van der Waals surface area contributed by atoms with E-state index in [1.54, 1.807) is 4.90 Å². The summed E-state index contributed by atoms with van der Waals surface area (Å²) < 4.78 is 7.77. The highest BCUT2D eigenvalue weighted by molar-refractivity contribution is 6.07. The molecule has 3 heterocycles. The second-order valence-corrected chi connectivity index (χ2v) is 8.63. The molecule has 0 bridgehead atoms. The molecular formula is C28H26N6O3. The Morgan fingerprint density at radius 1 is 1.00 bits per heavy atom. The molecule has 2 aromatic heterocycles. The Bertz CT molecular complexity index is 1460. The molecule has 0 unspecified atom stereocenters. The summed E-state index contributed by atoms with van der Waals surface area (Å²) in [6.45, 7) is 8.31. The SMILES string of the molecule is C=CC(=O)Nc1ncnc2c1c(-c1ccc(Oc3ccccc3)cc1)nn2[C@@H]1CCCN(C(=O)C=C)C1. The van der Waals surface area contributed by atoms with Crippen molar-refractivity contribution in [2.24, 2.45) is 0 Å². The zero-order valence-electron chi connectivity index (χ0n) is 20.2. The van der Waals surface area contributed by atoms with Gasteiger partial charge in [0.15, 0.2) is 5.65 Å². The Morgan fingerprint density at radius 2 is 1.76 bits per heavy atom. The third-order valence-corrected chi connectivity index (χ3v) is 6.25. The van der Waals surface area contributed by atoms with Crippen molar-refractivity contribution in [2.75, 3.05) is 18.4 Å². The summed E-state index contributed by atoms with van der Waals surface area (Å²) in [6.07, 6.45) is 5.58. The standard InChI is InChI=1S/C28H26N6O3/c1-3-23(35)31-27-25-26(19-12-14-22(15-13-19)37-21-10-6-5-7-11-21)32-34(28(25)30-18-29-27)20-9-8-16-33(17-20)24(36)4-2/h3-7,10-15,18,20H,1-2,8-9,16-17H2,(H,29,30,31,35)/t20-/m1/s1. The molecule has 9 heteroatoms. The highest BCUT2D eigenvalue weighted by atomic mass is 16.5. The van der Waals surface area contributed by atoms with E-state index in [-0.39, 0.29) is 17.9 Å². The van der Waals surface area contributed by atoms with Gasteiger partial charge in [-0.2, -0.15) is 5.10 Å². The van der Waals surface area contributed by atoms with Crippen LogP contribution >= 0.6 is 0 Å². The number of nitrogens with one attached hydrogen (secondary N) is 1. The van der Waals surface area contributed by atoms with Crippen LogP contribution < -0.4 is 10.1 Å². The maximum atomic E-state index is 12.3. The van der Waals surface area contributed by atoms with Gasteiger partial charge in [-0.3, -0.25) is 9.59 Å². The molecule has 1 aliphatic rings. The number of rotatable bonds is 7. The summed E-state index contributed by atoms with van der Waals surface area (Å²) in [5, 5.41) is 8.33. The lowest BCUT2D eigenvalue weighted by atomic mass is 10.1. The minimum absolute atomic E-state index is 0.0903. The normalized spacial score (nSPS) is 15.2. The van der Waals surface area contributed by atoms with Crippen LogP contribution in [0.1, 0.15) is 18.9 Å². The molecule has 2 amide bonds. The lowest BCUT2D eigenvalue weighted by Crippen LogP contribution is -2.40. The number of anilines is 1. The Kier molecular flexibility index (Phi) is 6.76. The molecule has 1 atom stereocenters. The van der Waals surface area contributed by atoms with E-state index in [1.807, 2.05) is 59.3 Å². The van der Waals surface area contributed by atoms with E-state index in [4.69, 9.17) is 9.84 Å². The summed E-state index contributed by atoms with van der Waals surface area (Å²) in [7, 11) is 0. The van der Waals surface area contributed by atoms with E-state index in [0.29, 0.717) is 41.4 Å². The van der Waals surface area contributed by atoms with Crippen LogP contribution in [-0.2, 0) is 9.59 Å². The Labute approximate surface area is 214 Å². The zero-order chi connectivity index (χ0) is 25.8. The molecule has 0 saturated carbocycles. The van der Waals surface area contributed by atoms with Crippen LogP contribution in [0.3, 0.4) is 0 Å². The van der Waals surface area contributed by atoms with Gasteiger partial charge < -0.3 is 15.0 Å². The van der Waals surface area contributed by atoms with Crippen LogP contribution in [0.2, 0.25) is 0 Å². The summed E-state index contributed by atoms with van der Waals surface area (Å²) in [5.41, 5.74) is 2.00. The minimum atomic E-state index is -0.384. The maximum Gasteiger partial charge on any atom is 0.248 e. The van der Waals surface area contributed by atoms with Crippen LogP contribution in [0.25, 0.3) is 22.3 Å². The molecule has 2 aromatic carbocycles. The van der Waals surface area contributed by atoms with Gasteiger partial charge in [0.2, 0.25) is 11.8 Å². The molecule has 0 spiro atoms. The van der Waals surface area contributed by atoms with Crippen LogP contribution in [0, 0.1) is 0 Å². The fourth-order valence-electron chi connectivity index (χ4n) is 4.48. The summed E-state index contributed by atoms with van der Waals surface area (Å²) in [6, 6.07) is 17.0. The number of hydrogen-bond donors (Lipinski definition) is 1. The van der Waals surface area contributed by atoms with Gasteiger partial charge in [0.05, 0.1) is 11.4 Å². The number of para-hydroxylation sites is 1. The number of hydrogen-bond acceptors (Lipinski definition) is 6. The molecule has 1 saturated heterocycles. The fourth-order valence-corrected chi connectivity index (χ4v) is 4.48. The molecule has 4 aromatic rings. The molecule has 37 heavy (non-hydrogen) atoms. The molecule has 0 radical (unpaired) electrons. The van der Waals surface area contributed by atoms with Gasteiger partial charge in [-0.1, -0.05) is 31.4 Å². The first kappa shape index (κ1) is 23.9. The first-order valence-corrected chi connectivity index (χ1v) is 12.0. The van der Waals surface area contributed by atoms with E-state index >= 15 is 0 Å². The zero-order valence-corrected chi connectivity index (χ0v) is 20.2. The number of carbonyl (C=O) groups excluding carboxylic acids is 2. The van der Waals surface area contributed by atoms with E-state index in [1.165, 1.54) is 18.5 Å². The average Bonchev–Trinajstić information content (AvgIpc) is 3.34. The number of piperidine rings is 1. The van der Waals surface area contributed by atoms with E-state index in [9.17, 15) is 9.59 Å². The average molecular weight is 495 g/mol. The highest BCUT2D eigenvalue weighted by Crippen LogP contribution is 2.35. The summed E-state index contributed by atoms with van der Waals surface area (Å²) in [5.74, 6) is 1.27. The van der Waals surface area contributed by atoms with Gasteiger partial charge in [0.25, 0.3) is 0 Å². The molecule has 186 valence electrons. The van der Waals surface area contributed by atoms with E-state index in [0.717, 1.165) is 24.2 Å². The van der Waals surface area contributed by atoms with Crippen LogP contribution in [0.15, 0.2) is 86.2 Å². The van der Waals surface area contributed by atoms with E-state index < -0.39 is 0 Å². The molecule has 1 N–H and O–H groups in total. The van der Waals surface area contributed by atoms with Crippen molar-refractivity contribution in [3.63, 3.8) is 0 Å². The largest absolute Gasteiger partial charge is 0.457 e. The number of nitrogens with zero attached hydrogens (tertiary/aromatic N) is 5. The summed E-state index contributed by atoms with van der Waals surface area (Å²) >= 11 is 0. The lowest BCUT2D eigenvalue weighted by molar-refractivity contribution is -0.127. The Hall–Kier alpha value is -4.79. The van der Waals surface area contributed by atoms with E-state index in [2.05, 4.69) is 28.4 Å². The van der Waals surface area contributed by atoms with Gasteiger partial charge in [0.1, 0.15) is 29.3 Å². The predicted molar refractivity (Wildman–Crippen MR) is 141 cm³/mol. The van der Waals surface area contributed by atoms with Crippen molar-refractivity contribution in [1.29, 1.82) is 0 Å². The van der Waals surface area contributed by atoms with Gasteiger partial charge in [-0.25, -0.2) is 14.6 Å².